The van der Waals surface area contributed by atoms with Crippen LogP contribution in [0.15, 0.2) is 53.6 Å². The normalized spacial score (nSPS) is 10.5. The highest BCUT2D eigenvalue weighted by Gasteiger charge is 2.12. The molecule has 0 spiro atoms. The standard InChI is InChI=1S/C15H13N3O4/c19-14-7-6-12(8-13(14)18(21)22)10-16-17-15(20)9-11-4-2-1-3-5-11/h1-8,10,19H,9H2,(H,17,20)/b16-10-. The number of aromatic hydroxyl groups is 1. The number of nitrogens with zero attached hydrogens (tertiary/aromatic N) is 2. The zero-order valence-corrected chi connectivity index (χ0v) is 11.5. The number of amides is 1. The van der Waals surface area contributed by atoms with E-state index in [1.807, 2.05) is 30.3 Å². The van der Waals surface area contributed by atoms with Crippen molar-refractivity contribution < 1.29 is 14.8 Å². The third-order valence-electron chi connectivity index (χ3n) is 2.81. The number of benzene rings is 2. The zero-order valence-electron chi connectivity index (χ0n) is 11.5. The number of nitro benzene ring substituents is 1. The maximum atomic E-state index is 11.7. The average Bonchev–Trinajstić information content (AvgIpc) is 2.49. The van der Waals surface area contributed by atoms with Crippen molar-refractivity contribution in [3.8, 4) is 5.75 Å². The highest BCUT2D eigenvalue weighted by Crippen LogP contribution is 2.25. The van der Waals surface area contributed by atoms with Crippen molar-refractivity contribution in [2.75, 3.05) is 0 Å². The van der Waals surface area contributed by atoms with E-state index in [1.54, 1.807) is 0 Å². The van der Waals surface area contributed by atoms with Gasteiger partial charge in [0.1, 0.15) is 0 Å². The Labute approximate surface area is 126 Å². The number of phenols is 1. The van der Waals surface area contributed by atoms with E-state index in [1.165, 1.54) is 24.4 Å². The van der Waals surface area contributed by atoms with Gasteiger partial charge in [-0.1, -0.05) is 30.3 Å². The summed E-state index contributed by atoms with van der Waals surface area (Å²) in [5, 5.41) is 23.8. The van der Waals surface area contributed by atoms with Gasteiger partial charge in [0.05, 0.1) is 17.6 Å². The lowest BCUT2D eigenvalue weighted by molar-refractivity contribution is -0.385. The monoisotopic (exact) mass is 299 g/mol. The molecule has 0 aromatic heterocycles. The van der Waals surface area contributed by atoms with Crippen LogP contribution < -0.4 is 5.43 Å². The van der Waals surface area contributed by atoms with E-state index >= 15 is 0 Å². The van der Waals surface area contributed by atoms with Crippen LogP contribution in [0.2, 0.25) is 0 Å². The molecule has 0 aliphatic heterocycles. The molecule has 2 rings (SSSR count). The smallest absolute Gasteiger partial charge is 0.311 e. The first-order chi connectivity index (χ1) is 10.6. The second-order valence-corrected chi connectivity index (χ2v) is 4.46. The van der Waals surface area contributed by atoms with E-state index in [0.29, 0.717) is 5.56 Å². The summed E-state index contributed by atoms with van der Waals surface area (Å²) in [5.41, 5.74) is 3.17. The van der Waals surface area contributed by atoms with Gasteiger partial charge in [-0.15, -0.1) is 0 Å². The van der Waals surface area contributed by atoms with Crippen molar-refractivity contribution in [3.63, 3.8) is 0 Å². The molecule has 0 heterocycles. The number of hydrogen-bond acceptors (Lipinski definition) is 5. The van der Waals surface area contributed by atoms with Gasteiger partial charge in [0.15, 0.2) is 5.75 Å². The van der Waals surface area contributed by atoms with Crippen LogP contribution in [0.25, 0.3) is 0 Å². The molecule has 0 saturated carbocycles. The van der Waals surface area contributed by atoms with Gasteiger partial charge in [-0.05, 0) is 17.7 Å². The molecular formula is C15H13N3O4. The van der Waals surface area contributed by atoms with E-state index in [0.717, 1.165) is 5.56 Å². The fourth-order valence-electron chi connectivity index (χ4n) is 1.77. The van der Waals surface area contributed by atoms with Gasteiger partial charge in [-0.2, -0.15) is 5.10 Å². The van der Waals surface area contributed by atoms with Gasteiger partial charge in [0, 0.05) is 11.6 Å². The minimum atomic E-state index is -0.694. The average molecular weight is 299 g/mol. The van der Waals surface area contributed by atoms with E-state index < -0.39 is 16.4 Å². The summed E-state index contributed by atoms with van der Waals surface area (Å²) in [6.45, 7) is 0. The Kier molecular flexibility index (Phi) is 4.81. The highest BCUT2D eigenvalue weighted by molar-refractivity contribution is 5.84. The number of carbonyl (C=O) groups is 1. The molecule has 0 saturated heterocycles. The summed E-state index contributed by atoms with van der Waals surface area (Å²) in [5.74, 6) is -0.717. The minimum Gasteiger partial charge on any atom is -0.502 e. The summed E-state index contributed by atoms with van der Waals surface area (Å²) < 4.78 is 0. The van der Waals surface area contributed by atoms with Crippen molar-refractivity contribution in [1.29, 1.82) is 0 Å². The van der Waals surface area contributed by atoms with Gasteiger partial charge in [0.2, 0.25) is 5.91 Å². The van der Waals surface area contributed by atoms with Crippen LogP contribution in [0.5, 0.6) is 5.75 Å². The molecule has 7 nitrogen and oxygen atoms in total. The van der Waals surface area contributed by atoms with Gasteiger partial charge in [0.25, 0.3) is 0 Å². The van der Waals surface area contributed by atoms with Crippen molar-refractivity contribution in [1.82, 2.24) is 5.43 Å². The maximum Gasteiger partial charge on any atom is 0.311 e. The first-order valence-electron chi connectivity index (χ1n) is 6.39. The van der Waals surface area contributed by atoms with Gasteiger partial charge < -0.3 is 5.11 Å². The van der Waals surface area contributed by atoms with Gasteiger partial charge >= 0.3 is 5.69 Å². The maximum absolute atomic E-state index is 11.7. The molecule has 2 aromatic carbocycles. The number of hydrazone groups is 1. The first kappa shape index (κ1) is 15.2. The predicted molar refractivity (Wildman–Crippen MR) is 80.6 cm³/mol. The summed E-state index contributed by atoms with van der Waals surface area (Å²) in [4.78, 5) is 21.7. The SMILES string of the molecule is O=C(Cc1ccccc1)N/N=C\c1ccc(O)c([N+](=O)[O-])c1. The lowest BCUT2D eigenvalue weighted by Crippen LogP contribution is -2.19. The summed E-state index contributed by atoms with van der Waals surface area (Å²) in [7, 11) is 0. The van der Waals surface area contributed by atoms with Crippen LogP contribution in [0.1, 0.15) is 11.1 Å². The van der Waals surface area contributed by atoms with Crippen LogP contribution >= 0.6 is 0 Å². The van der Waals surface area contributed by atoms with Crippen molar-refractivity contribution in [3.05, 3.63) is 69.8 Å². The lowest BCUT2D eigenvalue weighted by Gasteiger charge is -2.00. The minimum absolute atomic E-state index is 0.188. The van der Waals surface area contributed by atoms with E-state index in [4.69, 9.17) is 0 Å². The second-order valence-electron chi connectivity index (χ2n) is 4.46. The molecule has 0 bridgehead atoms. The molecule has 2 aromatic rings. The van der Waals surface area contributed by atoms with E-state index in [2.05, 4.69) is 10.5 Å². The predicted octanol–water partition coefficient (Wildman–Crippen LogP) is 1.99. The summed E-state index contributed by atoms with van der Waals surface area (Å²) >= 11 is 0. The molecule has 0 unspecified atom stereocenters. The molecule has 0 aliphatic carbocycles. The third kappa shape index (κ3) is 4.14. The number of rotatable bonds is 5. The van der Waals surface area contributed by atoms with Crippen molar-refractivity contribution in [2.45, 2.75) is 6.42 Å². The van der Waals surface area contributed by atoms with Gasteiger partial charge in [-0.3, -0.25) is 14.9 Å². The first-order valence-corrected chi connectivity index (χ1v) is 6.39. The zero-order chi connectivity index (χ0) is 15.9. The summed E-state index contributed by atoms with van der Waals surface area (Å²) in [6.07, 6.45) is 1.46. The number of nitrogens with one attached hydrogen (secondary N) is 1. The van der Waals surface area contributed by atoms with Crippen LogP contribution in [-0.2, 0) is 11.2 Å². The largest absolute Gasteiger partial charge is 0.502 e. The third-order valence-corrected chi connectivity index (χ3v) is 2.81. The van der Waals surface area contributed by atoms with Crippen LogP contribution in [0.4, 0.5) is 5.69 Å². The van der Waals surface area contributed by atoms with Crippen LogP contribution in [-0.4, -0.2) is 22.2 Å². The van der Waals surface area contributed by atoms with E-state index in [9.17, 15) is 20.0 Å². The summed E-state index contributed by atoms with van der Waals surface area (Å²) in [6, 6.07) is 13.0. The van der Waals surface area contributed by atoms with E-state index in [-0.39, 0.29) is 12.3 Å². The Morgan fingerprint density at radius 3 is 2.68 bits per heavy atom. The van der Waals surface area contributed by atoms with Crippen LogP contribution in [0.3, 0.4) is 0 Å². The molecule has 2 N–H and O–H groups in total. The number of hydrogen-bond donors (Lipinski definition) is 2. The molecule has 0 fully saturated rings. The quantitative estimate of drug-likeness (QED) is 0.500. The molecule has 1 amide bonds. The molecule has 22 heavy (non-hydrogen) atoms. The van der Waals surface area contributed by atoms with Crippen molar-refractivity contribution in [2.24, 2.45) is 5.10 Å². The Bertz CT molecular complexity index is 714. The van der Waals surface area contributed by atoms with Crippen molar-refractivity contribution >= 4 is 17.8 Å². The molecule has 112 valence electrons. The fourth-order valence-corrected chi connectivity index (χ4v) is 1.77. The molecular weight excluding hydrogens is 286 g/mol. The van der Waals surface area contributed by atoms with Crippen LogP contribution in [0, 0.1) is 10.1 Å². The number of phenolic OH excluding ortho intramolecular Hbond substituents is 1. The molecule has 0 aliphatic rings. The fraction of sp³-hybridized carbons (Fsp3) is 0.0667. The topological polar surface area (TPSA) is 105 Å². The molecule has 7 heteroatoms. The molecule has 0 atom stereocenters. The Morgan fingerprint density at radius 1 is 1.27 bits per heavy atom. The number of nitro groups is 1. The Morgan fingerprint density at radius 2 is 2.00 bits per heavy atom. The number of carbonyl (C=O) groups excluding carboxylic acids is 1. The highest BCUT2D eigenvalue weighted by atomic mass is 16.6. The van der Waals surface area contributed by atoms with Gasteiger partial charge in [-0.25, -0.2) is 5.43 Å². The lowest BCUT2D eigenvalue weighted by atomic mass is 10.1. The Hall–Kier alpha value is -3.22. The molecule has 0 radical (unpaired) electrons. The Balaban J connectivity index is 1.96. The second kappa shape index (κ2) is 6.98.